The molecule has 0 saturated carbocycles. The first-order valence-electron chi connectivity index (χ1n) is 5.71. The van der Waals surface area contributed by atoms with Crippen LogP contribution in [0.1, 0.15) is 5.56 Å². The van der Waals surface area contributed by atoms with Crippen molar-refractivity contribution in [2.75, 3.05) is 14.1 Å². The molecule has 2 aromatic carbocycles. The molecule has 0 heterocycles. The third-order valence-electron chi connectivity index (χ3n) is 2.43. The quantitative estimate of drug-likeness (QED) is 0.762. The molecule has 0 saturated heterocycles. The van der Waals surface area contributed by atoms with Crippen LogP contribution in [-0.2, 0) is 6.54 Å². The van der Waals surface area contributed by atoms with E-state index in [2.05, 4.69) is 73.6 Å². The Morgan fingerprint density at radius 2 is 1.53 bits per heavy atom. The molecule has 2 rings (SSSR count). The van der Waals surface area contributed by atoms with Crippen LogP contribution in [0, 0.1) is 0 Å². The van der Waals surface area contributed by atoms with Crippen molar-refractivity contribution in [2.45, 2.75) is 6.54 Å². The van der Waals surface area contributed by atoms with E-state index in [0.717, 1.165) is 6.54 Å². The first-order chi connectivity index (χ1) is 8.25. The van der Waals surface area contributed by atoms with Crippen LogP contribution in [0.2, 0.25) is 0 Å². The summed E-state index contributed by atoms with van der Waals surface area (Å²) in [7, 11) is 4.25. The van der Waals surface area contributed by atoms with E-state index in [0.29, 0.717) is 0 Å². The molecule has 0 aliphatic carbocycles. The fourth-order valence-corrected chi connectivity index (χ4v) is 4.42. The van der Waals surface area contributed by atoms with E-state index in [1.807, 2.05) is 0 Å². The van der Waals surface area contributed by atoms with E-state index in [9.17, 15) is 0 Å². The second-order valence-electron chi connectivity index (χ2n) is 4.26. The molecule has 0 fully saturated rings. The van der Waals surface area contributed by atoms with Gasteiger partial charge in [0.2, 0.25) is 0 Å². The molecule has 0 bridgehead atoms. The van der Waals surface area contributed by atoms with Gasteiger partial charge in [-0.15, -0.1) is 0 Å². The van der Waals surface area contributed by atoms with Crippen molar-refractivity contribution >= 4 is 28.1 Å². The maximum atomic E-state index is 2.29. The van der Waals surface area contributed by atoms with Crippen LogP contribution >= 0.6 is 0 Å². The summed E-state index contributed by atoms with van der Waals surface area (Å²) in [4.78, 5) is 2.23. The van der Waals surface area contributed by atoms with Crippen LogP contribution in [0.15, 0.2) is 54.6 Å². The Morgan fingerprint density at radius 1 is 0.882 bits per heavy atom. The molecular formula is C15H17NTe. The fraction of sp³-hybridized carbons (Fsp3) is 0.200. The van der Waals surface area contributed by atoms with E-state index >= 15 is 0 Å². The number of nitrogens with zero attached hydrogens (tertiary/aromatic N) is 1. The summed E-state index contributed by atoms with van der Waals surface area (Å²) in [5, 5.41) is 0. The molecule has 0 aliphatic rings. The topological polar surface area (TPSA) is 3.24 Å². The predicted octanol–water partition coefficient (Wildman–Crippen LogP) is 1.40. The van der Waals surface area contributed by atoms with Gasteiger partial charge < -0.3 is 0 Å². The molecule has 2 heteroatoms. The van der Waals surface area contributed by atoms with Crippen LogP contribution in [0.25, 0.3) is 0 Å². The van der Waals surface area contributed by atoms with E-state index in [-0.39, 0.29) is 20.9 Å². The third-order valence-corrected chi connectivity index (χ3v) is 5.64. The number of hydrogen-bond donors (Lipinski definition) is 0. The Kier molecular flexibility index (Phi) is 4.62. The van der Waals surface area contributed by atoms with Gasteiger partial charge in [0.15, 0.2) is 0 Å². The fourth-order valence-electron chi connectivity index (χ4n) is 1.69. The van der Waals surface area contributed by atoms with Gasteiger partial charge in [0.05, 0.1) is 0 Å². The summed E-state index contributed by atoms with van der Waals surface area (Å²) in [6.07, 6.45) is 0. The average molecular weight is 339 g/mol. The normalized spacial score (nSPS) is 10.8. The molecule has 88 valence electrons. The van der Waals surface area contributed by atoms with E-state index in [1.54, 1.807) is 3.61 Å². The summed E-state index contributed by atoms with van der Waals surface area (Å²) >= 11 is -0.246. The van der Waals surface area contributed by atoms with Gasteiger partial charge in [-0.05, 0) is 0 Å². The molecule has 0 N–H and O–H groups in total. The zero-order valence-corrected chi connectivity index (χ0v) is 12.6. The number of hydrogen-bond acceptors (Lipinski definition) is 1. The molecule has 1 nitrogen and oxygen atoms in total. The van der Waals surface area contributed by atoms with Crippen molar-refractivity contribution in [3.8, 4) is 0 Å². The van der Waals surface area contributed by atoms with Crippen molar-refractivity contribution in [1.29, 1.82) is 0 Å². The molecule has 17 heavy (non-hydrogen) atoms. The maximum absolute atomic E-state index is 2.29. The molecule has 0 aliphatic heterocycles. The predicted molar refractivity (Wildman–Crippen MR) is 75.3 cm³/mol. The van der Waals surface area contributed by atoms with E-state index in [4.69, 9.17) is 0 Å². The number of benzene rings is 2. The first-order valence-corrected chi connectivity index (χ1v) is 8.04. The molecule has 0 spiro atoms. The van der Waals surface area contributed by atoms with Crippen molar-refractivity contribution in [2.24, 2.45) is 0 Å². The van der Waals surface area contributed by atoms with Gasteiger partial charge in [0.1, 0.15) is 0 Å². The minimum absolute atomic E-state index is 0.246. The summed E-state index contributed by atoms with van der Waals surface area (Å²) in [5.74, 6) is 0. The van der Waals surface area contributed by atoms with Crippen molar-refractivity contribution < 1.29 is 0 Å². The van der Waals surface area contributed by atoms with Gasteiger partial charge in [-0.25, -0.2) is 0 Å². The van der Waals surface area contributed by atoms with Crippen LogP contribution in [0.4, 0.5) is 0 Å². The average Bonchev–Trinajstić information content (AvgIpc) is 2.32. The number of rotatable bonds is 4. The molecule has 0 unspecified atom stereocenters. The van der Waals surface area contributed by atoms with Crippen molar-refractivity contribution in [1.82, 2.24) is 4.90 Å². The van der Waals surface area contributed by atoms with Crippen molar-refractivity contribution in [3.63, 3.8) is 0 Å². The zero-order chi connectivity index (χ0) is 12.1. The van der Waals surface area contributed by atoms with Crippen LogP contribution < -0.4 is 7.22 Å². The van der Waals surface area contributed by atoms with Crippen molar-refractivity contribution in [3.05, 3.63) is 60.2 Å². The van der Waals surface area contributed by atoms with Crippen LogP contribution in [-0.4, -0.2) is 39.9 Å². The minimum atomic E-state index is -0.246. The molecule has 0 amide bonds. The van der Waals surface area contributed by atoms with Gasteiger partial charge in [-0.1, -0.05) is 0 Å². The Morgan fingerprint density at radius 3 is 2.24 bits per heavy atom. The van der Waals surface area contributed by atoms with Gasteiger partial charge >= 0.3 is 114 Å². The van der Waals surface area contributed by atoms with E-state index in [1.165, 1.54) is 9.17 Å². The molecule has 0 radical (unpaired) electrons. The van der Waals surface area contributed by atoms with Crippen LogP contribution in [0.3, 0.4) is 0 Å². The van der Waals surface area contributed by atoms with Gasteiger partial charge in [-0.3, -0.25) is 0 Å². The van der Waals surface area contributed by atoms with Gasteiger partial charge in [0, 0.05) is 0 Å². The SMILES string of the molecule is CN(C)Cc1ccccc1[Te]c1ccccc1. The molecule has 0 aromatic heterocycles. The Labute approximate surface area is 114 Å². The first kappa shape index (κ1) is 12.6. The van der Waals surface area contributed by atoms with Gasteiger partial charge in [-0.2, -0.15) is 0 Å². The van der Waals surface area contributed by atoms with Crippen LogP contribution in [0.5, 0.6) is 0 Å². The zero-order valence-electron chi connectivity index (χ0n) is 10.3. The summed E-state index contributed by atoms with van der Waals surface area (Å²) in [5.41, 5.74) is 1.48. The summed E-state index contributed by atoms with van der Waals surface area (Å²) < 4.78 is 3.06. The summed E-state index contributed by atoms with van der Waals surface area (Å²) in [6.45, 7) is 1.04. The molecule has 2 aromatic rings. The monoisotopic (exact) mass is 341 g/mol. The second-order valence-corrected chi connectivity index (χ2v) is 7.44. The Hall–Kier alpha value is -0.810. The Bertz CT molecular complexity index is 465. The summed E-state index contributed by atoms with van der Waals surface area (Å²) in [6, 6.07) is 19.7. The molecular weight excluding hydrogens is 322 g/mol. The van der Waals surface area contributed by atoms with E-state index < -0.39 is 0 Å². The third kappa shape index (κ3) is 3.85. The Balaban J connectivity index is 2.20. The standard InChI is InChI=1S/C15H17NTe/c1-16(2)12-13-8-6-7-11-15(13)17-14-9-4-3-5-10-14/h3-11H,12H2,1-2H3. The molecule has 0 atom stereocenters. The van der Waals surface area contributed by atoms with Gasteiger partial charge in [0.25, 0.3) is 0 Å². The second kappa shape index (κ2) is 6.21.